The number of carboxylic acid groups (broad SMARTS) is 2. The lowest BCUT2D eigenvalue weighted by Crippen LogP contribution is -2.12. The Labute approximate surface area is 172 Å². The van der Waals surface area contributed by atoms with E-state index in [1.807, 2.05) is 0 Å². The van der Waals surface area contributed by atoms with Crippen LogP contribution in [0, 0.1) is 5.92 Å². The highest BCUT2D eigenvalue weighted by molar-refractivity contribution is 8.83. The molecule has 0 saturated heterocycles. The quantitative estimate of drug-likeness (QED) is 0.125. The van der Waals surface area contributed by atoms with Gasteiger partial charge in [-0.3, -0.25) is 9.59 Å². The van der Waals surface area contributed by atoms with Gasteiger partial charge in [-0.25, -0.2) is 0 Å². The predicted molar refractivity (Wildman–Crippen MR) is 118 cm³/mol. The van der Waals surface area contributed by atoms with Gasteiger partial charge in [0.05, 0.1) is 6.61 Å². The van der Waals surface area contributed by atoms with Crippen LogP contribution in [0.25, 0.3) is 0 Å². The van der Waals surface area contributed by atoms with Crippen LogP contribution in [0.5, 0.6) is 0 Å². The van der Waals surface area contributed by atoms with Crippen LogP contribution >= 0.6 is 21.0 Å². The van der Waals surface area contributed by atoms with Crippen molar-refractivity contribution in [1.82, 2.24) is 0 Å². The molecule has 0 heterocycles. The van der Waals surface area contributed by atoms with E-state index in [1.54, 1.807) is 0 Å². The molecule has 162 valence electrons. The minimum absolute atomic E-state index is 0.0904. The minimum Gasteiger partial charge on any atom is -0.481 e. The second-order valence-corrected chi connectivity index (χ2v) is 10.9. The summed E-state index contributed by atoms with van der Waals surface area (Å²) in [5.74, 6) is -1.58. The molecular weight excluding hydrogens is 384 g/mol. The van der Waals surface area contributed by atoms with Crippen molar-refractivity contribution in [3.05, 3.63) is 0 Å². The van der Waals surface area contributed by atoms with Gasteiger partial charge in [0.15, 0.2) is 0 Å². The molecule has 0 aromatic rings. The van der Waals surface area contributed by atoms with Gasteiger partial charge in [-0.15, -0.1) is 0 Å². The smallest absolute Gasteiger partial charge is 0.314 e. The molecule has 0 amide bonds. The average Bonchev–Trinajstić information content (AvgIpc) is 2.62. The van der Waals surface area contributed by atoms with E-state index in [9.17, 15) is 9.59 Å². The van der Waals surface area contributed by atoms with Crippen LogP contribution in [0.4, 0.5) is 0 Å². The van der Waals surface area contributed by atoms with E-state index >= 15 is 0 Å². The van der Waals surface area contributed by atoms with Crippen LogP contribution in [-0.4, -0.2) is 40.3 Å². The fourth-order valence-corrected chi connectivity index (χ4v) is 5.82. The Kier molecular flexibility index (Phi) is 18.7. The summed E-state index contributed by atoms with van der Waals surface area (Å²) < 4.78 is 5.90. The van der Waals surface area contributed by atoms with Gasteiger partial charge in [0, 0.05) is 0 Å². The van der Waals surface area contributed by atoms with Crippen LogP contribution in [0.1, 0.15) is 90.9 Å². The van der Waals surface area contributed by atoms with Crippen molar-refractivity contribution in [2.75, 3.05) is 18.1 Å². The Morgan fingerprint density at radius 3 is 1.89 bits per heavy atom. The first-order chi connectivity index (χ1) is 13.0. The molecular formula is C20H40O5S2. The zero-order valence-electron chi connectivity index (χ0n) is 17.2. The first-order valence-corrected chi connectivity index (χ1v) is 13.5. The number of hydrogen-bond acceptors (Lipinski definition) is 4. The van der Waals surface area contributed by atoms with E-state index in [-0.39, 0.29) is 11.5 Å². The largest absolute Gasteiger partial charge is 0.481 e. The van der Waals surface area contributed by atoms with Gasteiger partial charge in [-0.1, -0.05) is 99.1 Å². The van der Waals surface area contributed by atoms with Crippen LogP contribution in [0.2, 0.25) is 0 Å². The highest BCUT2D eigenvalue weighted by Crippen LogP contribution is 2.42. The monoisotopic (exact) mass is 424 g/mol. The first kappa shape index (κ1) is 26.6. The lowest BCUT2D eigenvalue weighted by Gasteiger charge is -2.23. The molecule has 0 spiro atoms. The molecule has 5 nitrogen and oxygen atoms in total. The minimum atomic E-state index is -1.28. The molecule has 27 heavy (non-hydrogen) atoms. The van der Waals surface area contributed by atoms with Gasteiger partial charge in [0.1, 0.15) is 11.5 Å². The third kappa shape index (κ3) is 18.7. The Balaban J connectivity index is 4.35. The van der Waals surface area contributed by atoms with E-state index in [4.69, 9.17) is 14.4 Å². The zero-order valence-corrected chi connectivity index (χ0v) is 18.9. The topological polar surface area (TPSA) is 83.8 Å². The molecule has 0 aliphatic rings. The van der Waals surface area contributed by atoms with Crippen molar-refractivity contribution in [3.8, 4) is 0 Å². The van der Waals surface area contributed by atoms with Crippen molar-refractivity contribution >= 4 is 32.9 Å². The molecule has 0 aromatic carbocycles. The van der Waals surface area contributed by atoms with Gasteiger partial charge < -0.3 is 14.4 Å². The zero-order chi connectivity index (χ0) is 20.3. The molecule has 0 fully saturated rings. The SMILES string of the molecule is CCCCCCCCC(CCCCCC)CO[SH](CC(=O)O)SCC(=O)O. The highest BCUT2D eigenvalue weighted by atomic mass is 33.1. The maximum Gasteiger partial charge on any atom is 0.314 e. The Morgan fingerprint density at radius 1 is 0.852 bits per heavy atom. The molecule has 2 atom stereocenters. The van der Waals surface area contributed by atoms with Gasteiger partial charge in [0.2, 0.25) is 0 Å². The number of hydrogen-bond donors (Lipinski definition) is 3. The Morgan fingerprint density at radius 2 is 1.37 bits per heavy atom. The van der Waals surface area contributed by atoms with Gasteiger partial charge in [0.25, 0.3) is 0 Å². The van der Waals surface area contributed by atoms with Gasteiger partial charge in [-0.05, 0) is 18.8 Å². The molecule has 0 aliphatic carbocycles. The van der Waals surface area contributed by atoms with E-state index in [0.717, 1.165) is 23.6 Å². The van der Waals surface area contributed by atoms with Crippen molar-refractivity contribution in [2.24, 2.45) is 5.92 Å². The fourth-order valence-electron chi connectivity index (χ4n) is 2.94. The Bertz CT molecular complexity index is 379. The predicted octanol–water partition coefficient (Wildman–Crippen LogP) is 6.07. The van der Waals surface area contributed by atoms with Gasteiger partial charge >= 0.3 is 11.9 Å². The van der Waals surface area contributed by atoms with Crippen molar-refractivity contribution in [1.29, 1.82) is 0 Å². The lowest BCUT2D eigenvalue weighted by atomic mass is 9.95. The van der Waals surface area contributed by atoms with Crippen LogP contribution in [-0.2, 0) is 13.8 Å². The molecule has 0 saturated carbocycles. The van der Waals surface area contributed by atoms with Crippen molar-refractivity contribution < 1.29 is 24.0 Å². The number of carboxylic acids is 2. The molecule has 2 unspecified atom stereocenters. The summed E-state index contributed by atoms with van der Waals surface area (Å²) in [5, 5.41) is 17.9. The average molecular weight is 425 g/mol. The maximum absolute atomic E-state index is 11.0. The van der Waals surface area contributed by atoms with Crippen molar-refractivity contribution in [3.63, 3.8) is 0 Å². The fraction of sp³-hybridized carbons (Fsp3) is 0.900. The molecule has 0 rings (SSSR count). The molecule has 7 heteroatoms. The van der Waals surface area contributed by atoms with E-state index in [2.05, 4.69) is 13.8 Å². The van der Waals surface area contributed by atoms with E-state index in [0.29, 0.717) is 12.5 Å². The van der Waals surface area contributed by atoms with Gasteiger partial charge in [-0.2, -0.15) is 0 Å². The summed E-state index contributed by atoms with van der Waals surface area (Å²) in [4.78, 5) is 21.8. The van der Waals surface area contributed by atoms with E-state index < -0.39 is 22.1 Å². The van der Waals surface area contributed by atoms with Crippen LogP contribution in [0.3, 0.4) is 0 Å². The van der Waals surface area contributed by atoms with Crippen LogP contribution < -0.4 is 0 Å². The molecule has 0 bridgehead atoms. The van der Waals surface area contributed by atoms with Crippen LogP contribution in [0.15, 0.2) is 0 Å². The normalized spacial score (nSPS) is 14.1. The van der Waals surface area contributed by atoms with Crippen molar-refractivity contribution in [2.45, 2.75) is 90.9 Å². The standard InChI is InChI=1S/C20H40O5S2/c1-3-5-7-9-10-12-14-18(13-11-8-6-4-2)15-25-27(17-20(23)24)26-16-19(21)22/h18,27H,3-17H2,1-2H3,(H,21,22)(H,23,24). The summed E-state index contributed by atoms with van der Waals surface area (Å²) in [6, 6.07) is 0. The number of unbranched alkanes of at least 4 members (excludes halogenated alkanes) is 8. The first-order valence-electron chi connectivity index (χ1n) is 10.5. The summed E-state index contributed by atoms with van der Waals surface area (Å²) >= 11 is 0. The number of aliphatic carboxylic acids is 2. The summed E-state index contributed by atoms with van der Waals surface area (Å²) in [6.45, 7) is 4.99. The number of rotatable bonds is 20. The number of carbonyl (C=O) groups is 2. The molecule has 0 aromatic heterocycles. The molecule has 0 radical (unpaired) electrons. The second-order valence-electron chi connectivity index (χ2n) is 7.12. The Hall–Kier alpha value is -0.400. The maximum atomic E-state index is 11.0. The third-order valence-electron chi connectivity index (χ3n) is 4.48. The number of thiol groups is 1. The molecule has 0 aliphatic heterocycles. The third-order valence-corrected chi connectivity index (χ3v) is 8.07. The second kappa shape index (κ2) is 18.9. The summed E-state index contributed by atoms with van der Waals surface area (Å²) in [6.07, 6.45) is 14.8. The molecule has 2 N–H and O–H groups in total. The highest BCUT2D eigenvalue weighted by Gasteiger charge is 2.16. The summed E-state index contributed by atoms with van der Waals surface area (Å²) in [7, 11) is -0.146. The lowest BCUT2D eigenvalue weighted by molar-refractivity contribution is -0.135. The summed E-state index contributed by atoms with van der Waals surface area (Å²) in [5.41, 5.74) is 0. The van der Waals surface area contributed by atoms with E-state index in [1.165, 1.54) is 64.2 Å².